The highest BCUT2D eigenvalue weighted by atomic mass is 35.5. The van der Waals surface area contributed by atoms with Gasteiger partial charge in [-0.15, -0.1) is 11.3 Å². The molecule has 0 amide bonds. The molecule has 0 fully saturated rings. The second-order valence-corrected chi connectivity index (χ2v) is 5.98. The van der Waals surface area contributed by atoms with E-state index in [1.807, 2.05) is 20.8 Å². The van der Waals surface area contributed by atoms with E-state index in [1.54, 1.807) is 23.5 Å². The third-order valence-electron chi connectivity index (χ3n) is 2.65. The summed E-state index contributed by atoms with van der Waals surface area (Å²) in [5.41, 5.74) is 1.71. The first-order valence-corrected chi connectivity index (χ1v) is 6.82. The molecule has 5 heteroatoms. The molecule has 18 heavy (non-hydrogen) atoms. The van der Waals surface area contributed by atoms with E-state index in [1.165, 1.54) is 10.9 Å². The second kappa shape index (κ2) is 5.24. The van der Waals surface area contributed by atoms with Gasteiger partial charge in [0, 0.05) is 10.6 Å². The molecule has 1 unspecified atom stereocenters. The zero-order chi connectivity index (χ0) is 13.3. The summed E-state index contributed by atoms with van der Waals surface area (Å²) in [5.74, 6) is -0.417. The fourth-order valence-electron chi connectivity index (χ4n) is 1.85. The van der Waals surface area contributed by atoms with Gasteiger partial charge in [0.05, 0.1) is 21.8 Å². The molecule has 0 aliphatic rings. The molecular weight excluding hydrogens is 271 g/mol. The highest BCUT2D eigenvalue weighted by molar-refractivity contribution is 7.11. The van der Waals surface area contributed by atoms with Crippen molar-refractivity contribution in [2.75, 3.05) is 5.32 Å². The van der Waals surface area contributed by atoms with Gasteiger partial charge >= 0.3 is 0 Å². The maximum Gasteiger partial charge on any atom is 0.143 e. The molecule has 2 aromatic rings. The fraction of sp³-hybridized carbons (Fsp3) is 0.308. The molecule has 96 valence electrons. The van der Waals surface area contributed by atoms with Crippen molar-refractivity contribution in [3.05, 3.63) is 44.6 Å². The maximum absolute atomic E-state index is 13.3. The van der Waals surface area contributed by atoms with Crippen molar-refractivity contribution in [3.8, 4) is 0 Å². The lowest BCUT2D eigenvalue weighted by molar-refractivity contribution is 0.628. The van der Waals surface area contributed by atoms with Crippen molar-refractivity contribution >= 4 is 28.6 Å². The molecular formula is C13H14ClFN2S. The van der Waals surface area contributed by atoms with Crippen LogP contribution in [0.1, 0.15) is 28.5 Å². The minimum Gasteiger partial charge on any atom is -0.377 e. The van der Waals surface area contributed by atoms with Gasteiger partial charge in [-0.2, -0.15) is 0 Å². The summed E-state index contributed by atoms with van der Waals surface area (Å²) < 4.78 is 13.3. The minimum absolute atomic E-state index is 0.0375. The molecule has 1 aromatic heterocycles. The number of rotatable bonds is 3. The minimum atomic E-state index is -0.417. The van der Waals surface area contributed by atoms with E-state index >= 15 is 0 Å². The van der Waals surface area contributed by atoms with E-state index in [9.17, 15) is 4.39 Å². The molecule has 1 heterocycles. The van der Waals surface area contributed by atoms with Crippen LogP contribution in [-0.4, -0.2) is 4.98 Å². The van der Waals surface area contributed by atoms with Crippen LogP contribution in [0.2, 0.25) is 5.02 Å². The van der Waals surface area contributed by atoms with Gasteiger partial charge in [-0.1, -0.05) is 11.6 Å². The van der Waals surface area contributed by atoms with Crippen LogP contribution in [0.25, 0.3) is 0 Å². The van der Waals surface area contributed by atoms with Gasteiger partial charge in [-0.05, 0) is 39.0 Å². The first kappa shape index (κ1) is 13.3. The topological polar surface area (TPSA) is 24.9 Å². The van der Waals surface area contributed by atoms with Crippen molar-refractivity contribution in [1.29, 1.82) is 0 Å². The van der Waals surface area contributed by atoms with Crippen molar-refractivity contribution in [2.24, 2.45) is 0 Å². The van der Waals surface area contributed by atoms with E-state index in [0.717, 1.165) is 10.7 Å². The van der Waals surface area contributed by atoms with Crippen LogP contribution in [0.5, 0.6) is 0 Å². The molecule has 0 spiro atoms. The van der Waals surface area contributed by atoms with E-state index in [-0.39, 0.29) is 11.1 Å². The van der Waals surface area contributed by atoms with Crippen molar-refractivity contribution < 1.29 is 4.39 Å². The maximum atomic E-state index is 13.3. The first-order chi connectivity index (χ1) is 8.47. The summed E-state index contributed by atoms with van der Waals surface area (Å²) in [6, 6.07) is 4.74. The molecule has 0 aliphatic heterocycles. The van der Waals surface area contributed by atoms with Gasteiger partial charge in [0.1, 0.15) is 5.82 Å². The van der Waals surface area contributed by atoms with Crippen LogP contribution in [0.3, 0.4) is 0 Å². The Balaban J connectivity index is 2.18. The summed E-state index contributed by atoms with van der Waals surface area (Å²) >= 11 is 7.32. The van der Waals surface area contributed by atoms with Gasteiger partial charge < -0.3 is 5.32 Å². The Hall–Kier alpha value is -1.13. The monoisotopic (exact) mass is 284 g/mol. The number of halogens is 2. The lowest BCUT2D eigenvalue weighted by atomic mass is 10.2. The summed E-state index contributed by atoms with van der Waals surface area (Å²) in [7, 11) is 0. The Morgan fingerprint density at radius 3 is 2.67 bits per heavy atom. The molecule has 2 nitrogen and oxygen atoms in total. The van der Waals surface area contributed by atoms with Crippen LogP contribution < -0.4 is 5.32 Å². The third-order valence-corrected chi connectivity index (χ3v) is 3.86. The fourth-order valence-corrected chi connectivity index (χ4v) is 2.88. The van der Waals surface area contributed by atoms with Gasteiger partial charge in [-0.25, -0.2) is 9.37 Å². The van der Waals surface area contributed by atoms with Gasteiger partial charge in [0.15, 0.2) is 0 Å². The van der Waals surface area contributed by atoms with E-state index in [0.29, 0.717) is 5.69 Å². The van der Waals surface area contributed by atoms with Gasteiger partial charge in [0.2, 0.25) is 0 Å². The number of nitrogens with one attached hydrogen (secondary N) is 1. The number of hydrogen-bond donors (Lipinski definition) is 1. The standard InChI is InChI=1S/C13H14ClFN2S/c1-7(13-8(2)18-9(3)17-13)16-10-4-5-11(14)12(15)6-10/h4-7,16H,1-3H3. The molecule has 0 saturated carbocycles. The summed E-state index contributed by atoms with van der Waals surface area (Å²) in [5, 5.41) is 4.40. The number of aromatic nitrogens is 1. The van der Waals surface area contributed by atoms with Crippen LogP contribution in [0, 0.1) is 19.7 Å². The van der Waals surface area contributed by atoms with Crippen LogP contribution in [-0.2, 0) is 0 Å². The number of thiazole rings is 1. The molecule has 1 N–H and O–H groups in total. The van der Waals surface area contributed by atoms with E-state index in [4.69, 9.17) is 11.6 Å². The molecule has 0 radical (unpaired) electrons. The first-order valence-electron chi connectivity index (χ1n) is 5.63. The van der Waals surface area contributed by atoms with Crippen LogP contribution in [0.4, 0.5) is 10.1 Å². The number of hydrogen-bond acceptors (Lipinski definition) is 3. The highest BCUT2D eigenvalue weighted by Crippen LogP contribution is 2.26. The molecule has 1 atom stereocenters. The zero-order valence-electron chi connectivity index (χ0n) is 10.4. The molecule has 0 aliphatic carbocycles. The van der Waals surface area contributed by atoms with Crippen molar-refractivity contribution in [1.82, 2.24) is 4.98 Å². The van der Waals surface area contributed by atoms with E-state index < -0.39 is 5.82 Å². The summed E-state index contributed by atoms with van der Waals surface area (Å²) in [6.45, 7) is 6.03. The average Bonchev–Trinajstić information content (AvgIpc) is 2.63. The van der Waals surface area contributed by atoms with Crippen LogP contribution in [0.15, 0.2) is 18.2 Å². The molecule has 0 bridgehead atoms. The Morgan fingerprint density at radius 1 is 1.39 bits per heavy atom. The molecule has 1 aromatic carbocycles. The Kier molecular flexibility index (Phi) is 3.88. The zero-order valence-corrected chi connectivity index (χ0v) is 12.0. The number of benzene rings is 1. The smallest absolute Gasteiger partial charge is 0.143 e. The quantitative estimate of drug-likeness (QED) is 0.882. The average molecular weight is 285 g/mol. The van der Waals surface area contributed by atoms with Crippen LogP contribution >= 0.6 is 22.9 Å². The third kappa shape index (κ3) is 2.82. The molecule has 2 rings (SSSR count). The normalized spacial score (nSPS) is 12.5. The van der Waals surface area contributed by atoms with Gasteiger partial charge in [-0.3, -0.25) is 0 Å². The lowest BCUT2D eigenvalue weighted by Gasteiger charge is -2.14. The lowest BCUT2D eigenvalue weighted by Crippen LogP contribution is -2.08. The van der Waals surface area contributed by atoms with Gasteiger partial charge in [0.25, 0.3) is 0 Å². The van der Waals surface area contributed by atoms with Crippen molar-refractivity contribution in [2.45, 2.75) is 26.8 Å². The second-order valence-electron chi connectivity index (χ2n) is 4.17. The Bertz CT molecular complexity index is 568. The number of anilines is 1. The predicted molar refractivity (Wildman–Crippen MR) is 75.0 cm³/mol. The largest absolute Gasteiger partial charge is 0.377 e. The predicted octanol–water partition coefficient (Wildman–Crippen LogP) is 4.73. The molecule has 0 saturated heterocycles. The van der Waals surface area contributed by atoms with E-state index in [2.05, 4.69) is 10.3 Å². The number of nitrogens with zero attached hydrogens (tertiary/aromatic N) is 1. The Labute approximate surface area is 115 Å². The number of aryl methyl sites for hydroxylation is 2. The summed E-state index contributed by atoms with van der Waals surface area (Å²) in [4.78, 5) is 5.66. The highest BCUT2D eigenvalue weighted by Gasteiger charge is 2.13. The summed E-state index contributed by atoms with van der Waals surface area (Å²) in [6.07, 6.45) is 0. The Morgan fingerprint density at radius 2 is 2.11 bits per heavy atom. The SMILES string of the molecule is Cc1nc(C(C)Nc2ccc(Cl)c(F)c2)c(C)s1. The van der Waals surface area contributed by atoms with Crippen molar-refractivity contribution in [3.63, 3.8) is 0 Å².